The van der Waals surface area contributed by atoms with E-state index in [9.17, 15) is 5.11 Å². The largest absolute Gasteiger partial charge is 0.508 e. The van der Waals surface area contributed by atoms with Crippen molar-refractivity contribution >= 4 is 11.5 Å². The predicted molar refractivity (Wildman–Crippen MR) is 92.9 cm³/mol. The van der Waals surface area contributed by atoms with Gasteiger partial charge in [-0.3, -0.25) is 4.40 Å². The first-order chi connectivity index (χ1) is 11.7. The third-order valence-electron chi connectivity index (χ3n) is 4.59. The average molecular weight is 318 g/mol. The van der Waals surface area contributed by atoms with Gasteiger partial charge in [0.2, 0.25) is 0 Å². The van der Waals surface area contributed by atoms with Crippen molar-refractivity contribution in [2.45, 2.75) is 31.7 Å². The fraction of sp³-hybridized carbons (Fsp3) is 0.263. The van der Waals surface area contributed by atoms with Gasteiger partial charge in [0.15, 0.2) is 0 Å². The maximum absolute atomic E-state index is 9.53. The number of aromatic nitrogens is 2. The lowest BCUT2D eigenvalue weighted by Crippen LogP contribution is -2.16. The molecule has 1 saturated carbocycles. The van der Waals surface area contributed by atoms with Gasteiger partial charge in [-0.15, -0.1) is 0 Å². The molecule has 0 unspecified atom stereocenters. The lowest BCUT2D eigenvalue weighted by atomic mass is 10.1. The first-order valence-electron chi connectivity index (χ1n) is 8.23. The molecule has 5 heteroatoms. The van der Waals surface area contributed by atoms with E-state index in [1.54, 1.807) is 24.3 Å². The van der Waals surface area contributed by atoms with Crippen molar-refractivity contribution in [3.8, 4) is 23.1 Å². The molecule has 2 aromatic heterocycles. The van der Waals surface area contributed by atoms with Gasteiger partial charge < -0.3 is 10.4 Å². The summed E-state index contributed by atoms with van der Waals surface area (Å²) in [6.07, 6.45) is 6.72. The molecule has 1 aliphatic rings. The minimum Gasteiger partial charge on any atom is -0.508 e. The van der Waals surface area contributed by atoms with Gasteiger partial charge in [-0.25, -0.2) is 4.98 Å². The molecule has 1 aromatic carbocycles. The number of hydrogen-bond donors (Lipinski definition) is 2. The normalized spacial score (nSPS) is 14.8. The van der Waals surface area contributed by atoms with Crippen molar-refractivity contribution in [1.82, 2.24) is 9.38 Å². The number of fused-ring (bicyclic) bond motifs is 1. The van der Waals surface area contributed by atoms with Crippen LogP contribution < -0.4 is 5.32 Å². The van der Waals surface area contributed by atoms with E-state index in [1.165, 1.54) is 25.7 Å². The zero-order valence-electron chi connectivity index (χ0n) is 13.2. The van der Waals surface area contributed by atoms with Gasteiger partial charge in [-0.05, 0) is 49.2 Å². The molecule has 0 atom stereocenters. The Balaban J connectivity index is 1.86. The van der Waals surface area contributed by atoms with Gasteiger partial charge in [-0.1, -0.05) is 12.8 Å². The number of nitriles is 1. The number of nitrogens with zero attached hydrogens (tertiary/aromatic N) is 3. The van der Waals surface area contributed by atoms with E-state index in [1.807, 2.05) is 22.7 Å². The molecule has 5 nitrogen and oxygen atoms in total. The third-order valence-corrected chi connectivity index (χ3v) is 4.59. The quantitative estimate of drug-likeness (QED) is 0.767. The standard InChI is InChI=1S/C19H18N4O/c20-12-13-9-10-23-17(11-13)22-18(14-5-7-16(24)8-6-14)19(23)21-15-3-1-2-4-15/h5-11,15,21,24H,1-4H2. The summed E-state index contributed by atoms with van der Waals surface area (Å²) in [6, 6.07) is 13.3. The Kier molecular flexibility index (Phi) is 3.58. The van der Waals surface area contributed by atoms with Gasteiger partial charge in [0, 0.05) is 17.8 Å². The minimum absolute atomic E-state index is 0.236. The topological polar surface area (TPSA) is 73.3 Å². The van der Waals surface area contributed by atoms with E-state index in [-0.39, 0.29) is 5.75 Å². The van der Waals surface area contributed by atoms with Gasteiger partial charge >= 0.3 is 0 Å². The number of imidazole rings is 1. The zero-order chi connectivity index (χ0) is 16.5. The van der Waals surface area contributed by atoms with Crippen LogP contribution in [-0.2, 0) is 0 Å². The number of hydrogen-bond acceptors (Lipinski definition) is 4. The number of phenolic OH excluding ortho intramolecular Hbond substituents is 1. The first kappa shape index (κ1) is 14.6. The van der Waals surface area contributed by atoms with Gasteiger partial charge in [0.05, 0.1) is 11.6 Å². The summed E-state index contributed by atoms with van der Waals surface area (Å²) >= 11 is 0. The van der Waals surface area contributed by atoms with Crippen molar-refractivity contribution in [3.05, 3.63) is 48.2 Å². The molecule has 1 fully saturated rings. The molecular formula is C19H18N4O. The van der Waals surface area contributed by atoms with Crippen LogP contribution in [0.2, 0.25) is 0 Å². The maximum atomic E-state index is 9.53. The smallest absolute Gasteiger partial charge is 0.140 e. The molecule has 0 saturated heterocycles. The highest BCUT2D eigenvalue weighted by Crippen LogP contribution is 2.32. The number of anilines is 1. The number of rotatable bonds is 3. The van der Waals surface area contributed by atoms with E-state index in [0.29, 0.717) is 11.6 Å². The van der Waals surface area contributed by atoms with Crippen LogP contribution in [0.15, 0.2) is 42.6 Å². The minimum atomic E-state index is 0.236. The molecular weight excluding hydrogens is 300 g/mol. The molecule has 2 N–H and O–H groups in total. The molecule has 2 heterocycles. The van der Waals surface area contributed by atoms with E-state index in [0.717, 1.165) is 22.7 Å². The Morgan fingerprint density at radius 1 is 1.17 bits per heavy atom. The van der Waals surface area contributed by atoms with E-state index in [4.69, 9.17) is 10.2 Å². The highest BCUT2D eigenvalue weighted by molar-refractivity contribution is 5.77. The van der Waals surface area contributed by atoms with Crippen LogP contribution in [0.4, 0.5) is 5.82 Å². The van der Waals surface area contributed by atoms with Crippen molar-refractivity contribution in [1.29, 1.82) is 5.26 Å². The summed E-state index contributed by atoms with van der Waals surface area (Å²) in [4.78, 5) is 4.73. The highest BCUT2D eigenvalue weighted by Gasteiger charge is 2.20. The van der Waals surface area contributed by atoms with Crippen molar-refractivity contribution in [3.63, 3.8) is 0 Å². The molecule has 120 valence electrons. The maximum Gasteiger partial charge on any atom is 0.140 e. The lowest BCUT2D eigenvalue weighted by molar-refractivity contribution is 0.475. The second-order valence-electron chi connectivity index (χ2n) is 6.24. The molecule has 4 rings (SSSR count). The van der Waals surface area contributed by atoms with Crippen LogP contribution in [0.5, 0.6) is 5.75 Å². The molecule has 0 bridgehead atoms. The second kappa shape index (κ2) is 5.89. The molecule has 0 amide bonds. The van der Waals surface area contributed by atoms with Gasteiger partial charge in [-0.2, -0.15) is 5.26 Å². The van der Waals surface area contributed by atoms with Crippen molar-refractivity contribution in [2.24, 2.45) is 0 Å². The number of pyridine rings is 1. The molecule has 1 aliphatic carbocycles. The Morgan fingerprint density at radius 2 is 1.92 bits per heavy atom. The first-order valence-corrected chi connectivity index (χ1v) is 8.23. The summed E-state index contributed by atoms with van der Waals surface area (Å²) in [6.45, 7) is 0. The molecule has 0 aliphatic heterocycles. The van der Waals surface area contributed by atoms with Crippen LogP contribution in [0, 0.1) is 11.3 Å². The Morgan fingerprint density at radius 3 is 2.62 bits per heavy atom. The van der Waals surface area contributed by atoms with Gasteiger partial charge in [0.25, 0.3) is 0 Å². The Labute approximate surface area is 140 Å². The second-order valence-corrected chi connectivity index (χ2v) is 6.24. The molecule has 24 heavy (non-hydrogen) atoms. The highest BCUT2D eigenvalue weighted by atomic mass is 16.3. The summed E-state index contributed by atoms with van der Waals surface area (Å²) in [7, 11) is 0. The Hall–Kier alpha value is -3.00. The third kappa shape index (κ3) is 2.56. The fourth-order valence-electron chi connectivity index (χ4n) is 3.34. The van der Waals surface area contributed by atoms with Crippen molar-refractivity contribution in [2.75, 3.05) is 5.32 Å². The number of aromatic hydroxyl groups is 1. The van der Waals surface area contributed by atoms with Crippen molar-refractivity contribution < 1.29 is 5.11 Å². The summed E-state index contributed by atoms with van der Waals surface area (Å²) in [5, 5.41) is 22.3. The fourth-order valence-corrected chi connectivity index (χ4v) is 3.34. The van der Waals surface area contributed by atoms with E-state index >= 15 is 0 Å². The summed E-state index contributed by atoms with van der Waals surface area (Å²) < 4.78 is 2.00. The zero-order valence-corrected chi connectivity index (χ0v) is 13.2. The predicted octanol–water partition coefficient (Wildman–Crippen LogP) is 3.93. The summed E-state index contributed by atoms with van der Waals surface area (Å²) in [5.74, 6) is 1.19. The van der Waals surface area contributed by atoms with Crippen LogP contribution in [-0.4, -0.2) is 20.5 Å². The number of benzene rings is 1. The molecule has 0 radical (unpaired) electrons. The summed E-state index contributed by atoms with van der Waals surface area (Å²) in [5.41, 5.74) is 3.13. The monoisotopic (exact) mass is 318 g/mol. The van der Waals surface area contributed by atoms with Crippen LogP contribution in [0.25, 0.3) is 16.9 Å². The van der Waals surface area contributed by atoms with E-state index < -0.39 is 0 Å². The number of phenols is 1. The SMILES string of the molecule is N#Cc1ccn2c(NC3CCCC3)c(-c3ccc(O)cc3)nc2c1. The molecule has 0 spiro atoms. The Bertz CT molecular complexity index is 915. The van der Waals surface area contributed by atoms with Crippen LogP contribution in [0.3, 0.4) is 0 Å². The van der Waals surface area contributed by atoms with Crippen LogP contribution >= 0.6 is 0 Å². The van der Waals surface area contributed by atoms with Crippen LogP contribution in [0.1, 0.15) is 31.2 Å². The number of nitrogens with one attached hydrogen (secondary N) is 1. The lowest BCUT2D eigenvalue weighted by Gasteiger charge is -2.14. The average Bonchev–Trinajstić information content (AvgIpc) is 3.24. The molecule has 3 aromatic rings. The van der Waals surface area contributed by atoms with E-state index in [2.05, 4.69) is 11.4 Å². The van der Waals surface area contributed by atoms with Gasteiger partial charge in [0.1, 0.15) is 22.9 Å².